The van der Waals surface area contributed by atoms with Crippen molar-refractivity contribution >= 4 is 17.4 Å². The monoisotopic (exact) mass is 421 g/mol. The van der Waals surface area contributed by atoms with E-state index in [1.807, 2.05) is 36.9 Å². The maximum Gasteiger partial charge on any atom is 0.254 e. The fourth-order valence-corrected chi connectivity index (χ4v) is 4.34. The number of allylic oxidation sites excluding steroid dienone is 1. The van der Waals surface area contributed by atoms with Crippen LogP contribution in [0.5, 0.6) is 0 Å². The lowest BCUT2D eigenvalue weighted by Gasteiger charge is -2.38. The molecule has 2 aliphatic rings. The molecule has 1 saturated heterocycles. The molecule has 1 fully saturated rings. The van der Waals surface area contributed by atoms with Gasteiger partial charge in [-0.25, -0.2) is 9.07 Å². The Morgan fingerprint density at radius 1 is 1.06 bits per heavy atom. The van der Waals surface area contributed by atoms with Gasteiger partial charge in [0.25, 0.3) is 5.91 Å². The van der Waals surface area contributed by atoms with E-state index in [0.29, 0.717) is 37.5 Å². The minimum Gasteiger partial charge on any atom is -0.464 e. The first-order valence-corrected chi connectivity index (χ1v) is 10.4. The minimum atomic E-state index is -0.414. The van der Waals surface area contributed by atoms with Gasteiger partial charge in [0.2, 0.25) is 0 Å². The first-order chi connectivity index (χ1) is 15.0. The van der Waals surface area contributed by atoms with Crippen LogP contribution in [0.15, 0.2) is 64.3 Å². The molecule has 7 nitrogen and oxygen atoms in total. The molecule has 1 aromatic carbocycles. The van der Waals surface area contributed by atoms with Crippen molar-refractivity contribution in [3.8, 4) is 0 Å². The number of anilines is 2. The van der Waals surface area contributed by atoms with Gasteiger partial charge in [0, 0.05) is 43.6 Å². The normalized spacial score (nSPS) is 18.7. The molecule has 0 saturated carbocycles. The Labute approximate surface area is 179 Å². The van der Waals surface area contributed by atoms with Gasteiger partial charge in [0.15, 0.2) is 0 Å². The Morgan fingerprint density at radius 3 is 2.48 bits per heavy atom. The first kappa shape index (κ1) is 19.4. The third-order valence-corrected chi connectivity index (χ3v) is 5.93. The van der Waals surface area contributed by atoms with Gasteiger partial charge >= 0.3 is 0 Å². The van der Waals surface area contributed by atoms with Crippen LogP contribution >= 0.6 is 0 Å². The van der Waals surface area contributed by atoms with E-state index in [1.54, 1.807) is 23.0 Å². The summed E-state index contributed by atoms with van der Waals surface area (Å²) in [5, 5.41) is 7.75. The lowest BCUT2D eigenvalue weighted by molar-refractivity contribution is -0.128. The molecular weight excluding hydrogens is 397 g/mol. The van der Waals surface area contributed by atoms with Gasteiger partial charge in [-0.1, -0.05) is 0 Å². The Morgan fingerprint density at radius 2 is 1.81 bits per heavy atom. The SMILES string of the molecule is CC1=C(C(=O)N2CCN(c3ccc(F)cc3)CC2)C(c2ccc(C)o2)n2nccc2N1. The van der Waals surface area contributed by atoms with Gasteiger partial charge in [-0.2, -0.15) is 5.10 Å². The number of nitrogens with zero attached hydrogens (tertiary/aromatic N) is 4. The third kappa shape index (κ3) is 3.48. The number of benzene rings is 1. The molecular formula is C23H24FN5O2. The van der Waals surface area contributed by atoms with Gasteiger partial charge in [-0.15, -0.1) is 0 Å². The van der Waals surface area contributed by atoms with Crippen LogP contribution in [0.25, 0.3) is 0 Å². The highest BCUT2D eigenvalue weighted by Gasteiger charge is 2.37. The zero-order chi connectivity index (χ0) is 21.5. The topological polar surface area (TPSA) is 66.5 Å². The summed E-state index contributed by atoms with van der Waals surface area (Å²) in [7, 11) is 0. The van der Waals surface area contributed by atoms with Gasteiger partial charge in [-0.05, 0) is 50.2 Å². The van der Waals surface area contributed by atoms with Crippen molar-refractivity contribution in [3.63, 3.8) is 0 Å². The number of aromatic nitrogens is 2. The predicted octanol–water partition coefficient (Wildman–Crippen LogP) is 3.56. The van der Waals surface area contributed by atoms with Crippen molar-refractivity contribution in [1.82, 2.24) is 14.7 Å². The van der Waals surface area contributed by atoms with Crippen molar-refractivity contribution in [2.45, 2.75) is 19.9 Å². The second kappa shape index (κ2) is 7.61. The van der Waals surface area contributed by atoms with E-state index in [0.717, 1.165) is 23.0 Å². The zero-order valence-electron chi connectivity index (χ0n) is 17.5. The number of fused-ring (bicyclic) bond motifs is 1. The van der Waals surface area contributed by atoms with Gasteiger partial charge in [-0.3, -0.25) is 4.79 Å². The number of aryl methyl sites for hydroxylation is 1. The molecule has 1 N–H and O–H groups in total. The van der Waals surface area contributed by atoms with Crippen LogP contribution in [-0.2, 0) is 4.79 Å². The number of amides is 1. The van der Waals surface area contributed by atoms with E-state index in [9.17, 15) is 9.18 Å². The zero-order valence-corrected chi connectivity index (χ0v) is 17.5. The standard InChI is InChI=1S/C23H24FN5O2/c1-15-3-8-19(31-15)22-21(16(2)26-20-9-10-25-29(20)22)23(30)28-13-11-27(12-14-28)18-6-4-17(24)5-7-18/h3-10,22,26H,11-14H2,1-2H3. The molecule has 2 aliphatic heterocycles. The highest BCUT2D eigenvalue weighted by molar-refractivity contribution is 5.97. The number of furan rings is 1. The van der Waals surface area contributed by atoms with Crippen LogP contribution in [0.2, 0.25) is 0 Å². The van der Waals surface area contributed by atoms with Gasteiger partial charge in [0.05, 0.1) is 11.8 Å². The Bertz CT molecular complexity index is 1140. The molecule has 1 atom stereocenters. The average molecular weight is 421 g/mol. The summed E-state index contributed by atoms with van der Waals surface area (Å²) < 4.78 is 20.9. The van der Waals surface area contributed by atoms with E-state index in [-0.39, 0.29) is 11.7 Å². The van der Waals surface area contributed by atoms with Crippen molar-refractivity contribution in [3.05, 3.63) is 77.3 Å². The van der Waals surface area contributed by atoms with Crippen molar-refractivity contribution in [2.75, 3.05) is 36.4 Å². The van der Waals surface area contributed by atoms with Crippen molar-refractivity contribution < 1.29 is 13.6 Å². The number of halogens is 1. The molecule has 5 rings (SSSR count). The summed E-state index contributed by atoms with van der Waals surface area (Å²) >= 11 is 0. The summed E-state index contributed by atoms with van der Waals surface area (Å²) in [6.07, 6.45) is 1.72. The molecule has 0 spiro atoms. The van der Waals surface area contributed by atoms with Crippen LogP contribution in [0.4, 0.5) is 15.9 Å². The maximum absolute atomic E-state index is 13.7. The Hall–Kier alpha value is -3.55. The maximum atomic E-state index is 13.7. The molecule has 0 radical (unpaired) electrons. The van der Waals surface area contributed by atoms with Gasteiger partial charge in [0.1, 0.15) is 29.2 Å². The molecule has 1 amide bonds. The van der Waals surface area contributed by atoms with Crippen LogP contribution in [-0.4, -0.2) is 46.8 Å². The number of carbonyl (C=O) groups excluding carboxylic acids is 1. The molecule has 1 unspecified atom stereocenters. The molecule has 2 aromatic heterocycles. The second-order valence-corrected chi connectivity index (χ2v) is 7.93. The van der Waals surface area contributed by atoms with E-state index in [4.69, 9.17) is 4.42 Å². The third-order valence-electron chi connectivity index (χ3n) is 5.93. The van der Waals surface area contributed by atoms with Crippen molar-refractivity contribution in [2.24, 2.45) is 0 Å². The van der Waals surface area contributed by atoms with Gasteiger partial charge < -0.3 is 19.5 Å². The molecule has 160 valence electrons. The second-order valence-electron chi connectivity index (χ2n) is 7.93. The van der Waals surface area contributed by atoms with Crippen LogP contribution in [0.3, 0.4) is 0 Å². The summed E-state index contributed by atoms with van der Waals surface area (Å²) in [4.78, 5) is 17.7. The molecule has 0 aliphatic carbocycles. The number of hydrogen-bond donors (Lipinski definition) is 1. The van der Waals surface area contributed by atoms with Crippen LogP contribution in [0, 0.1) is 12.7 Å². The smallest absolute Gasteiger partial charge is 0.254 e. The number of rotatable bonds is 3. The predicted molar refractivity (Wildman–Crippen MR) is 115 cm³/mol. The van der Waals surface area contributed by atoms with E-state index >= 15 is 0 Å². The Balaban J connectivity index is 1.39. The highest BCUT2D eigenvalue weighted by Crippen LogP contribution is 2.37. The average Bonchev–Trinajstić information content (AvgIpc) is 3.41. The Kier molecular flexibility index (Phi) is 4.77. The lowest BCUT2D eigenvalue weighted by atomic mass is 9.98. The summed E-state index contributed by atoms with van der Waals surface area (Å²) in [5.41, 5.74) is 2.41. The summed E-state index contributed by atoms with van der Waals surface area (Å²) in [5.74, 6) is 2.04. The largest absolute Gasteiger partial charge is 0.464 e. The number of carbonyl (C=O) groups is 1. The molecule has 8 heteroatoms. The van der Waals surface area contributed by atoms with Crippen LogP contribution < -0.4 is 10.2 Å². The molecule has 4 heterocycles. The fourth-order valence-electron chi connectivity index (χ4n) is 4.34. The number of hydrogen-bond acceptors (Lipinski definition) is 5. The first-order valence-electron chi connectivity index (χ1n) is 10.4. The van der Waals surface area contributed by atoms with E-state index in [1.165, 1.54) is 12.1 Å². The quantitative estimate of drug-likeness (QED) is 0.701. The highest BCUT2D eigenvalue weighted by atomic mass is 19.1. The number of piperazine rings is 1. The lowest BCUT2D eigenvalue weighted by Crippen LogP contribution is -2.50. The summed E-state index contributed by atoms with van der Waals surface area (Å²) in [6.45, 7) is 6.36. The molecule has 3 aromatic rings. The number of nitrogens with one attached hydrogen (secondary N) is 1. The summed E-state index contributed by atoms with van der Waals surface area (Å²) in [6, 6.07) is 11.8. The molecule has 0 bridgehead atoms. The van der Waals surface area contributed by atoms with Crippen molar-refractivity contribution in [1.29, 1.82) is 0 Å². The molecule has 31 heavy (non-hydrogen) atoms. The van der Waals surface area contributed by atoms with E-state index in [2.05, 4.69) is 15.3 Å². The fraction of sp³-hybridized carbons (Fsp3) is 0.304. The van der Waals surface area contributed by atoms with E-state index < -0.39 is 6.04 Å². The minimum absolute atomic E-state index is 0.0241. The van der Waals surface area contributed by atoms with Crippen LogP contribution in [0.1, 0.15) is 24.5 Å².